The molecule has 0 bridgehead atoms. The van der Waals surface area contributed by atoms with Gasteiger partial charge in [0.25, 0.3) is 10.1 Å². The number of aliphatic hydroxyl groups excluding tert-OH is 1. The molecule has 15 heavy (non-hydrogen) atoms. The van der Waals surface area contributed by atoms with Crippen LogP contribution in [0.15, 0.2) is 12.1 Å². The summed E-state index contributed by atoms with van der Waals surface area (Å²) in [6.45, 7) is 0. The molecule has 0 saturated carbocycles. The second kappa shape index (κ2) is 4.23. The van der Waals surface area contributed by atoms with E-state index in [1.807, 2.05) is 0 Å². The van der Waals surface area contributed by atoms with E-state index in [9.17, 15) is 23.6 Å². The maximum absolute atomic E-state index is 10.6. The number of aliphatic hydroxyl groups is 1. The molecule has 1 N–H and O–H groups in total. The van der Waals surface area contributed by atoms with E-state index in [4.69, 9.17) is 0 Å². The molecule has 0 aliphatic carbocycles. The molecule has 84 valence electrons. The van der Waals surface area contributed by atoms with Gasteiger partial charge in [0, 0.05) is 6.07 Å². The second-order valence-electron chi connectivity index (χ2n) is 2.59. The summed E-state index contributed by atoms with van der Waals surface area (Å²) in [5, 5.41) is 19.3. The predicted octanol–water partition coefficient (Wildman–Crippen LogP) is 0.623. The molecule has 1 aromatic heterocycles. The molecule has 7 nitrogen and oxygen atoms in total. The first-order valence-corrected chi connectivity index (χ1v) is 6.23. The van der Waals surface area contributed by atoms with Crippen LogP contribution in [0.3, 0.4) is 0 Å². The van der Waals surface area contributed by atoms with Crippen LogP contribution in [0.1, 0.15) is 11.2 Å². The molecule has 0 radical (unpaired) electrons. The van der Waals surface area contributed by atoms with E-state index in [1.54, 1.807) is 0 Å². The van der Waals surface area contributed by atoms with Crippen LogP contribution >= 0.6 is 11.3 Å². The lowest BCUT2D eigenvalue weighted by molar-refractivity contribution is -0.380. The van der Waals surface area contributed by atoms with Crippen molar-refractivity contribution >= 4 is 26.5 Å². The Balaban J connectivity index is 2.83. The first-order valence-electron chi connectivity index (χ1n) is 3.60. The van der Waals surface area contributed by atoms with Gasteiger partial charge in [-0.05, 0) is 6.07 Å². The first kappa shape index (κ1) is 12.0. The maximum Gasteiger partial charge on any atom is 0.324 e. The smallest absolute Gasteiger partial charge is 0.324 e. The van der Waals surface area contributed by atoms with Crippen molar-refractivity contribution < 1.29 is 22.6 Å². The highest BCUT2D eigenvalue weighted by Gasteiger charge is 2.19. The van der Waals surface area contributed by atoms with E-state index in [-0.39, 0.29) is 9.88 Å². The van der Waals surface area contributed by atoms with Gasteiger partial charge in [-0.3, -0.25) is 10.1 Å². The highest BCUT2D eigenvalue weighted by molar-refractivity contribution is 7.86. The summed E-state index contributed by atoms with van der Waals surface area (Å²) in [7, 11) is -3.80. The molecule has 1 unspecified atom stereocenters. The molecule has 1 atom stereocenters. The monoisotopic (exact) mass is 253 g/mol. The second-order valence-corrected chi connectivity index (χ2v) is 5.28. The van der Waals surface area contributed by atoms with Crippen molar-refractivity contribution in [2.45, 2.75) is 6.29 Å². The summed E-state index contributed by atoms with van der Waals surface area (Å²) in [6.07, 6.45) is -0.920. The first-order chi connectivity index (χ1) is 6.79. The third-order valence-electron chi connectivity index (χ3n) is 1.30. The Kier molecular flexibility index (Phi) is 3.39. The van der Waals surface area contributed by atoms with E-state index in [2.05, 4.69) is 4.18 Å². The largest absolute Gasteiger partial charge is 0.363 e. The molecular formula is C6H7NO6S2. The highest BCUT2D eigenvalue weighted by Crippen LogP contribution is 2.29. The third-order valence-corrected chi connectivity index (χ3v) is 2.90. The minimum atomic E-state index is -3.80. The number of nitro groups is 1. The topological polar surface area (TPSA) is 107 Å². The van der Waals surface area contributed by atoms with Gasteiger partial charge in [-0.15, -0.1) is 0 Å². The average molecular weight is 253 g/mol. The molecule has 0 aliphatic rings. The van der Waals surface area contributed by atoms with Crippen LogP contribution in [0.4, 0.5) is 5.00 Å². The zero-order valence-corrected chi connectivity index (χ0v) is 9.12. The lowest BCUT2D eigenvalue weighted by Crippen LogP contribution is -2.08. The Morgan fingerprint density at radius 3 is 2.60 bits per heavy atom. The lowest BCUT2D eigenvalue weighted by atomic mass is 10.4. The van der Waals surface area contributed by atoms with Crippen molar-refractivity contribution in [1.29, 1.82) is 0 Å². The molecule has 0 aromatic carbocycles. The van der Waals surface area contributed by atoms with Gasteiger partial charge >= 0.3 is 5.00 Å². The Morgan fingerprint density at radius 2 is 2.20 bits per heavy atom. The van der Waals surface area contributed by atoms with Gasteiger partial charge in [0.2, 0.25) is 6.29 Å². The van der Waals surface area contributed by atoms with Crippen molar-refractivity contribution in [2.24, 2.45) is 0 Å². The van der Waals surface area contributed by atoms with Crippen LogP contribution in [-0.4, -0.2) is 24.7 Å². The molecule has 0 fully saturated rings. The number of nitrogens with zero attached hydrogens (tertiary/aromatic N) is 1. The maximum atomic E-state index is 10.6. The molecule has 1 heterocycles. The van der Waals surface area contributed by atoms with Gasteiger partial charge in [0.15, 0.2) is 0 Å². The fraction of sp³-hybridized carbons (Fsp3) is 0.333. The van der Waals surface area contributed by atoms with E-state index in [0.717, 1.165) is 12.3 Å². The van der Waals surface area contributed by atoms with E-state index in [1.165, 1.54) is 6.07 Å². The van der Waals surface area contributed by atoms with Gasteiger partial charge < -0.3 is 5.11 Å². The summed E-state index contributed by atoms with van der Waals surface area (Å²) < 4.78 is 25.5. The standard InChI is InChI=1S/C6H7NO6S2/c1-15(11,12)13-6(8)4-2-3-5(14-4)7(9)10/h2-3,6,8H,1H3. The van der Waals surface area contributed by atoms with Crippen molar-refractivity contribution in [2.75, 3.05) is 6.26 Å². The molecule has 1 rings (SSSR count). The summed E-state index contributed by atoms with van der Waals surface area (Å²) in [6, 6.07) is 2.40. The Hall–Kier alpha value is -1.03. The van der Waals surface area contributed by atoms with Crippen molar-refractivity contribution in [1.82, 2.24) is 0 Å². The zero-order chi connectivity index (χ0) is 11.6. The normalized spacial score (nSPS) is 13.7. The summed E-state index contributed by atoms with van der Waals surface area (Å²) in [5.74, 6) is 0. The van der Waals surface area contributed by atoms with E-state index < -0.39 is 21.3 Å². The number of thiophene rings is 1. The van der Waals surface area contributed by atoms with Crippen LogP contribution in [0, 0.1) is 10.1 Å². The molecule has 0 aliphatic heterocycles. The number of hydrogen-bond donors (Lipinski definition) is 1. The summed E-state index contributed by atoms with van der Waals surface area (Å²) >= 11 is 0.651. The molecule has 1 aromatic rings. The van der Waals surface area contributed by atoms with Crippen LogP contribution in [0.25, 0.3) is 0 Å². The number of hydrogen-bond acceptors (Lipinski definition) is 7. The van der Waals surface area contributed by atoms with Crippen LogP contribution in [0.2, 0.25) is 0 Å². The van der Waals surface area contributed by atoms with Gasteiger partial charge in [-0.2, -0.15) is 8.42 Å². The summed E-state index contributed by atoms with van der Waals surface area (Å²) in [4.78, 5) is 9.72. The van der Waals surface area contributed by atoms with Crippen LogP contribution < -0.4 is 0 Å². The Bertz CT molecular complexity index is 464. The fourth-order valence-corrected chi connectivity index (χ4v) is 2.02. The number of rotatable bonds is 4. The molecular weight excluding hydrogens is 246 g/mol. The minimum Gasteiger partial charge on any atom is -0.363 e. The molecule has 0 saturated heterocycles. The highest BCUT2D eigenvalue weighted by atomic mass is 32.2. The molecule has 0 spiro atoms. The van der Waals surface area contributed by atoms with Crippen molar-refractivity contribution in [3.63, 3.8) is 0 Å². The van der Waals surface area contributed by atoms with E-state index in [0.29, 0.717) is 11.3 Å². The van der Waals surface area contributed by atoms with Gasteiger partial charge in [0.05, 0.1) is 16.1 Å². The molecule has 9 heteroatoms. The predicted molar refractivity (Wildman–Crippen MR) is 51.9 cm³/mol. The molecule has 0 amide bonds. The minimum absolute atomic E-state index is 0.0622. The Labute approximate surface area is 89.2 Å². The van der Waals surface area contributed by atoms with Gasteiger partial charge in [-0.1, -0.05) is 11.3 Å². The lowest BCUT2D eigenvalue weighted by Gasteiger charge is -2.06. The van der Waals surface area contributed by atoms with Crippen LogP contribution in [-0.2, 0) is 14.3 Å². The summed E-state index contributed by atoms with van der Waals surface area (Å²) in [5.41, 5.74) is 0. The zero-order valence-electron chi connectivity index (χ0n) is 7.48. The van der Waals surface area contributed by atoms with Gasteiger partial charge in [-0.25, -0.2) is 4.18 Å². The third kappa shape index (κ3) is 3.55. The quantitative estimate of drug-likeness (QED) is 0.365. The van der Waals surface area contributed by atoms with E-state index >= 15 is 0 Å². The fourth-order valence-electron chi connectivity index (χ4n) is 0.786. The van der Waals surface area contributed by atoms with Crippen molar-refractivity contribution in [3.05, 3.63) is 27.1 Å². The van der Waals surface area contributed by atoms with Crippen LogP contribution in [0.5, 0.6) is 0 Å². The van der Waals surface area contributed by atoms with Crippen molar-refractivity contribution in [3.8, 4) is 0 Å². The SMILES string of the molecule is CS(=O)(=O)OC(O)c1ccc([N+](=O)[O-])s1. The van der Waals surface area contributed by atoms with Gasteiger partial charge in [0.1, 0.15) is 0 Å². The average Bonchev–Trinajstić information content (AvgIpc) is 2.47. The Morgan fingerprint density at radius 1 is 1.60 bits per heavy atom.